The van der Waals surface area contributed by atoms with E-state index in [4.69, 9.17) is 9.68 Å². The Morgan fingerprint density at radius 2 is 1.60 bits per heavy atom. The molecule has 0 saturated carbocycles. The van der Waals surface area contributed by atoms with Crippen molar-refractivity contribution in [3.8, 4) is 6.07 Å². The van der Waals surface area contributed by atoms with Crippen LogP contribution < -0.4 is 0 Å². The summed E-state index contributed by atoms with van der Waals surface area (Å²) in [6.07, 6.45) is 1.64. The number of hydrogen-bond acceptors (Lipinski definition) is 4. The van der Waals surface area contributed by atoms with Gasteiger partial charge in [-0.2, -0.15) is 9.57 Å². The molecular weight excluding hydrogens is 336 g/mol. The third-order valence-corrected chi connectivity index (χ3v) is 7.03. The van der Waals surface area contributed by atoms with E-state index >= 15 is 0 Å². The lowest BCUT2D eigenvalue weighted by molar-refractivity contribution is 0.368. The minimum Gasteiger partial charge on any atom is -0.468 e. The zero-order chi connectivity index (χ0) is 18.8. The van der Waals surface area contributed by atoms with Gasteiger partial charge in [0.1, 0.15) is 5.76 Å². The molecule has 1 aromatic heterocycles. The lowest BCUT2D eigenvalue weighted by Gasteiger charge is -2.25. The SMILES string of the molecule is Cc1c(C)c(C)c(S(=O)(=O)N(CCC#N)Cc2ccco2)c(C)c1C. The fraction of sp³-hybridized carbons (Fsp3) is 0.421. The lowest BCUT2D eigenvalue weighted by Crippen LogP contribution is -2.32. The first-order chi connectivity index (χ1) is 11.7. The fourth-order valence-electron chi connectivity index (χ4n) is 3.02. The first kappa shape index (κ1) is 19.2. The molecule has 1 heterocycles. The molecule has 0 amide bonds. The van der Waals surface area contributed by atoms with Crippen LogP contribution in [0.1, 0.15) is 40.0 Å². The van der Waals surface area contributed by atoms with Crippen LogP contribution in [0.25, 0.3) is 0 Å². The van der Waals surface area contributed by atoms with E-state index in [1.165, 1.54) is 10.6 Å². The van der Waals surface area contributed by atoms with Gasteiger partial charge in [0.2, 0.25) is 10.0 Å². The molecule has 0 aliphatic carbocycles. The molecule has 0 aliphatic rings. The maximum Gasteiger partial charge on any atom is 0.244 e. The molecule has 134 valence electrons. The van der Waals surface area contributed by atoms with E-state index in [2.05, 4.69) is 0 Å². The summed E-state index contributed by atoms with van der Waals surface area (Å²) < 4.78 is 33.4. The fourth-order valence-corrected chi connectivity index (χ4v) is 4.98. The second kappa shape index (κ2) is 7.42. The maximum absolute atomic E-state index is 13.4. The summed E-state index contributed by atoms with van der Waals surface area (Å²) in [7, 11) is -3.75. The van der Waals surface area contributed by atoms with E-state index in [1.807, 2.05) is 40.7 Å². The Morgan fingerprint density at radius 1 is 1.04 bits per heavy atom. The topological polar surface area (TPSA) is 74.3 Å². The first-order valence-corrected chi connectivity index (χ1v) is 9.62. The lowest BCUT2D eigenvalue weighted by atomic mass is 9.95. The summed E-state index contributed by atoms with van der Waals surface area (Å²) >= 11 is 0. The zero-order valence-electron chi connectivity index (χ0n) is 15.4. The summed E-state index contributed by atoms with van der Waals surface area (Å²) in [5, 5.41) is 8.92. The monoisotopic (exact) mass is 360 g/mol. The minimum atomic E-state index is -3.75. The van der Waals surface area contributed by atoms with Crippen molar-refractivity contribution in [3.63, 3.8) is 0 Å². The van der Waals surface area contributed by atoms with Gasteiger partial charge in [-0.3, -0.25) is 0 Å². The van der Waals surface area contributed by atoms with Crippen LogP contribution in [0.5, 0.6) is 0 Å². The van der Waals surface area contributed by atoms with Crippen LogP contribution in [-0.2, 0) is 16.6 Å². The maximum atomic E-state index is 13.4. The predicted molar refractivity (Wildman–Crippen MR) is 96.7 cm³/mol. The quantitative estimate of drug-likeness (QED) is 0.782. The van der Waals surface area contributed by atoms with Crippen molar-refractivity contribution < 1.29 is 12.8 Å². The van der Waals surface area contributed by atoms with E-state index in [0.717, 1.165) is 27.8 Å². The largest absolute Gasteiger partial charge is 0.468 e. The van der Waals surface area contributed by atoms with Crippen LogP contribution in [0.4, 0.5) is 0 Å². The molecule has 0 atom stereocenters. The van der Waals surface area contributed by atoms with Gasteiger partial charge in [-0.05, 0) is 74.6 Å². The Labute approximate surface area is 149 Å². The average Bonchev–Trinajstić information content (AvgIpc) is 3.08. The van der Waals surface area contributed by atoms with E-state index in [9.17, 15) is 8.42 Å². The highest BCUT2D eigenvalue weighted by molar-refractivity contribution is 7.89. The molecule has 0 saturated heterocycles. The number of furan rings is 1. The first-order valence-electron chi connectivity index (χ1n) is 8.18. The Hall–Kier alpha value is -2.10. The minimum absolute atomic E-state index is 0.113. The molecular formula is C19H24N2O3S. The molecule has 2 rings (SSSR count). The van der Waals surface area contributed by atoms with E-state index in [-0.39, 0.29) is 19.5 Å². The number of sulfonamides is 1. The van der Waals surface area contributed by atoms with Gasteiger partial charge in [0.15, 0.2) is 0 Å². The number of hydrogen-bond donors (Lipinski definition) is 0. The van der Waals surface area contributed by atoms with Crippen molar-refractivity contribution in [1.29, 1.82) is 5.26 Å². The molecule has 2 aromatic rings. The number of nitriles is 1. The highest BCUT2D eigenvalue weighted by atomic mass is 32.2. The van der Waals surface area contributed by atoms with Gasteiger partial charge in [-0.1, -0.05) is 0 Å². The number of benzene rings is 1. The summed E-state index contributed by atoms with van der Waals surface area (Å²) in [6.45, 7) is 9.84. The van der Waals surface area contributed by atoms with E-state index in [0.29, 0.717) is 10.7 Å². The number of nitrogens with zero attached hydrogens (tertiary/aromatic N) is 2. The third-order valence-electron chi connectivity index (χ3n) is 4.91. The smallest absolute Gasteiger partial charge is 0.244 e. The van der Waals surface area contributed by atoms with Crippen LogP contribution >= 0.6 is 0 Å². The molecule has 25 heavy (non-hydrogen) atoms. The van der Waals surface area contributed by atoms with Crippen LogP contribution in [-0.4, -0.2) is 19.3 Å². The third kappa shape index (κ3) is 3.63. The summed E-state index contributed by atoms with van der Waals surface area (Å²) in [5.41, 5.74) is 4.62. The Morgan fingerprint density at radius 3 is 2.08 bits per heavy atom. The van der Waals surface area contributed by atoms with Crippen LogP contribution in [0.15, 0.2) is 27.7 Å². The Bertz CT molecular complexity index is 878. The summed E-state index contributed by atoms with van der Waals surface area (Å²) in [5.74, 6) is 0.553. The van der Waals surface area contributed by atoms with Gasteiger partial charge in [-0.25, -0.2) is 8.42 Å². The summed E-state index contributed by atoms with van der Waals surface area (Å²) in [6, 6.07) is 5.49. The van der Waals surface area contributed by atoms with Crippen molar-refractivity contribution in [2.24, 2.45) is 0 Å². The predicted octanol–water partition coefficient (Wildman–Crippen LogP) is 3.93. The molecule has 0 aliphatic heterocycles. The summed E-state index contributed by atoms with van der Waals surface area (Å²) in [4.78, 5) is 0.345. The van der Waals surface area contributed by atoms with Gasteiger partial charge in [0.25, 0.3) is 0 Å². The molecule has 0 unspecified atom stereocenters. The van der Waals surface area contributed by atoms with Gasteiger partial charge < -0.3 is 4.42 Å². The normalized spacial score (nSPS) is 11.7. The molecule has 0 spiro atoms. The molecule has 0 bridgehead atoms. The van der Waals surface area contributed by atoms with E-state index < -0.39 is 10.0 Å². The van der Waals surface area contributed by atoms with Crippen molar-refractivity contribution in [1.82, 2.24) is 4.31 Å². The molecule has 1 aromatic carbocycles. The van der Waals surface area contributed by atoms with Crippen LogP contribution in [0, 0.1) is 45.9 Å². The van der Waals surface area contributed by atoms with Crippen molar-refractivity contribution in [2.75, 3.05) is 6.54 Å². The Kier molecular flexibility index (Phi) is 5.71. The van der Waals surface area contributed by atoms with Gasteiger partial charge in [0, 0.05) is 13.0 Å². The van der Waals surface area contributed by atoms with E-state index in [1.54, 1.807) is 12.1 Å². The second-order valence-corrected chi connectivity index (χ2v) is 8.15. The van der Waals surface area contributed by atoms with Gasteiger partial charge in [0.05, 0.1) is 23.8 Å². The average molecular weight is 360 g/mol. The molecule has 5 nitrogen and oxygen atoms in total. The standard InChI is InChI=1S/C19H24N2O3S/c1-13-14(2)16(4)19(17(5)15(13)3)25(22,23)21(10-7-9-20)12-18-8-6-11-24-18/h6,8,11H,7,10,12H2,1-5H3. The van der Waals surface area contributed by atoms with Crippen LogP contribution in [0.2, 0.25) is 0 Å². The van der Waals surface area contributed by atoms with Crippen molar-refractivity contribution >= 4 is 10.0 Å². The zero-order valence-corrected chi connectivity index (χ0v) is 16.2. The van der Waals surface area contributed by atoms with Crippen molar-refractivity contribution in [2.45, 2.75) is 52.5 Å². The molecule has 6 heteroatoms. The number of rotatable bonds is 6. The van der Waals surface area contributed by atoms with Crippen LogP contribution in [0.3, 0.4) is 0 Å². The van der Waals surface area contributed by atoms with Gasteiger partial charge >= 0.3 is 0 Å². The molecule has 0 N–H and O–H groups in total. The van der Waals surface area contributed by atoms with Gasteiger partial charge in [-0.15, -0.1) is 0 Å². The molecule has 0 radical (unpaired) electrons. The van der Waals surface area contributed by atoms with Crippen molar-refractivity contribution in [3.05, 3.63) is 52.0 Å². The highest BCUT2D eigenvalue weighted by Crippen LogP contribution is 2.32. The Balaban J connectivity index is 2.59. The highest BCUT2D eigenvalue weighted by Gasteiger charge is 2.30. The molecule has 0 fully saturated rings. The second-order valence-electron chi connectivity index (χ2n) is 6.28.